The van der Waals surface area contributed by atoms with Crippen LogP contribution in [0.1, 0.15) is 46.1 Å². The van der Waals surface area contributed by atoms with Gasteiger partial charge in [0.25, 0.3) is 0 Å². The van der Waals surface area contributed by atoms with E-state index in [0.29, 0.717) is 19.6 Å². The Labute approximate surface area is 217 Å². The minimum absolute atomic E-state index is 0.143. The monoisotopic (exact) mass is 542 g/mol. The van der Waals surface area contributed by atoms with Crippen LogP contribution in [0, 0.1) is 0 Å². The zero-order valence-corrected chi connectivity index (χ0v) is 24.7. The van der Waals surface area contributed by atoms with Gasteiger partial charge in [0.1, 0.15) is 18.4 Å². The number of carbonyl (C=O) groups excluding carboxylic acids is 2. The van der Waals surface area contributed by atoms with Crippen LogP contribution in [0.25, 0.3) is 0 Å². The molecule has 0 saturated carbocycles. The molecule has 0 aliphatic rings. The minimum Gasteiger partial charge on any atom is -0.462 e. The molecule has 0 N–H and O–H groups in total. The third kappa shape index (κ3) is 13.1. The Kier molecular flexibility index (Phi) is 14.0. The molecule has 204 valence electrons. The summed E-state index contributed by atoms with van der Waals surface area (Å²) in [5.74, 6) is -0.918. The molecule has 0 bridgehead atoms. The summed E-state index contributed by atoms with van der Waals surface area (Å²) in [4.78, 5) is 25.6. The summed E-state index contributed by atoms with van der Waals surface area (Å²) in [5, 5.41) is 0. The SMILES string of the molecule is CCOP(=O)(CC(=O)OC[C@](C)(O[Si](C)(C)C)C(=O)CC/C(C)=C/COCc1ccccc1)OCC. The van der Waals surface area contributed by atoms with Gasteiger partial charge in [0.2, 0.25) is 0 Å². The number of ether oxygens (including phenoxy) is 2. The molecule has 0 amide bonds. The van der Waals surface area contributed by atoms with Crippen LogP contribution in [0.15, 0.2) is 42.0 Å². The lowest BCUT2D eigenvalue weighted by atomic mass is 9.96. The van der Waals surface area contributed by atoms with E-state index in [2.05, 4.69) is 0 Å². The molecule has 8 nitrogen and oxygen atoms in total. The van der Waals surface area contributed by atoms with E-state index in [1.165, 1.54) is 0 Å². The Morgan fingerprint density at radius 3 is 2.19 bits per heavy atom. The second-order valence-electron chi connectivity index (χ2n) is 9.68. The summed E-state index contributed by atoms with van der Waals surface area (Å²) in [7, 11) is -5.76. The summed E-state index contributed by atoms with van der Waals surface area (Å²) in [6.07, 6.45) is 2.22. The molecule has 0 unspecified atom stereocenters. The number of hydrogen-bond donors (Lipinski definition) is 0. The maximum atomic E-state index is 13.2. The molecular weight excluding hydrogens is 499 g/mol. The molecule has 0 spiro atoms. The third-order valence-corrected chi connectivity index (χ3v) is 8.02. The highest BCUT2D eigenvalue weighted by Gasteiger charge is 2.40. The number of Topliss-reactive ketones (excluding diaryl/α,β-unsaturated/α-hetero) is 1. The van der Waals surface area contributed by atoms with Gasteiger partial charge >= 0.3 is 13.6 Å². The first-order valence-corrected chi connectivity index (χ1v) is 17.5. The molecule has 0 heterocycles. The number of carbonyl (C=O) groups is 2. The zero-order chi connectivity index (χ0) is 27.2. The van der Waals surface area contributed by atoms with Crippen LogP contribution in [0.2, 0.25) is 19.6 Å². The predicted molar refractivity (Wildman–Crippen MR) is 144 cm³/mol. The molecule has 1 atom stereocenters. The standard InChI is InChI=1S/C26H43O8PSi/c1-8-32-35(29,33-9-2)20-25(28)31-21-26(4,34-36(5,6)7)24(27)16-15-22(3)17-18-30-19-23-13-11-10-12-14-23/h10-14,17H,8-9,15-16,18-21H2,1-7H3/b22-17+/t26-/m0/s1. The van der Waals surface area contributed by atoms with E-state index in [1.807, 2.05) is 63.0 Å². The Balaban J connectivity index is 2.69. The van der Waals surface area contributed by atoms with Crippen LogP contribution >= 0.6 is 7.60 Å². The number of hydrogen-bond acceptors (Lipinski definition) is 8. The fourth-order valence-electron chi connectivity index (χ4n) is 3.42. The maximum absolute atomic E-state index is 13.2. The molecule has 0 saturated heterocycles. The summed E-state index contributed by atoms with van der Waals surface area (Å²) in [6.45, 7) is 13.8. The van der Waals surface area contributed by atoms with E-state index >= 15 is 0 Å². The third-order valence-electron chi connectivity index (χ3n) is 5.01. The minimum atomic E-state index is -3.59. The molecule has 1 rings (SSSR count). The van der Waals surface area contributed by atoms with Gasteiger partial charge in [-0.15, -0.1) is 0 Å². The van der Waals surface area contributed by atoms with Gasteiger partial charge in [0.15, 0.2) is 14.1 Å². The van der Waals surface area contributed by atoms with Crippen molar-refractivity contribution in [2.24, 2.45) is 0 Å². The molecule has 0 aliphatic heterocycles. The van der Waals surface area contributed by atoms with Crippen LogP contribution in [-0.4, -0.2) is 58.3 Å². The topological polar surface area (TPSA) is 97.4 Å². The van der Waals surface area contributed by atoms with Gasteiger partial charge < -0.3 is 22.9 Å². The fourth-order valence-corrected chi connectivity index (χ4v) is 6.39. The Bertz CT molecular complexity index is 887. The molecule has 0 radical (unpaired) electrons. The zero-order valence-electron chi connectivity index (χ0n) is 22.8. The molecule has 0 fully saturated rings. The quantitative estimate of drug-likeness (QED) is 0.0742. The number of rotatable bonds is 18. The maximum Gasteiger partial charge on any atom is 0.341 e. The van der Waals surface area contributed by atoms with E-state index < -0.39 is 33.6 Å². The van der Waals surface area contributed by atoms with Crippen molar-refractivity contribution in [2.75, 3.05) is 32.6 Å². The lowest BCUT2D eigenvalue weighted by molar-refractivity contribution is -0.152. The summed E-state index contributed by atoms with van der Waals surface area (Å²) >= 11 is 0. The highest BCUT2D eigenvalue weighted by Crippen LogP contribution is 2.47. The van der Waals surface area contributed by atoms with E-state index in [4.69, 9.17) is 22.9 Å². The first kappa shape index (κ1) is 32.4. The first-order valence-electron chi connectivity index (χ1n) is 12.4. The van der Waals surface area contributed by atoms with Crippen molar-refractivity contribution in [3.05, 3.63) is 47.5 Å². The smallest absolute Gasteiger partial charge is 0.341 e. The van der Waals surface area contributed by atoms with Gasteiger partial charge in [-0.05, 0) is 59.3 Å². The number of allylic oxidation sites excluding steroid dienone is 1. The van der Waals surface area contributed by atoms with Crippen molar-refractivity contribution >= 4 is 27.7 Å². The molecule has 1 aromatic carbocycles. The first-order chi connectivity index (χ1) is 16.8. The van der Waals surface area contributed by atoms with Crippen LogP contribution < -0.4 is 0 Å². The van der Waals surface area contributed by atoms with E-state index in [-0.39, 0.29) is 32.0 Å². The highest BCUT2D eigenvalue weighted by molar-refractivity contribution is 7.54. The van der Waals surface area contributed by atoms with Crippen molar-refractivity contribution in [1.29, 1.82) is 0 Å². The van der Waals surface area contributed by atoms with Gasteiger partial charge in [-0.1, -0.05) is 42.0 Å². The molecule has 0 aromatic heterocycles. The van der Waals surface area contributed by atoms with Gasteiger partial charge in [0.05, 0.1) is 26.4 Å². The van der Waals surface area contributed by atoms with Crippen molar-refractivity contribution in [3.63, 3.8) is 0 Å². The second-order valence-corrected chi connectivity index (χ2v) is 16.2. The second kappa shape index (κ2) is 15.6. The van der Waals surface area contributed by atoms with Crippen molar-refractivity contribution < 1.29 is 37.1 Å². The molecule has 36 heavy (non-hydrogen) atoms. The fraction of sp³-hybridized carbons (Fsp3) is 0.615. The largest absolute Gasteiger partial charge is 0.462 e. The van der Waals surface area contributed by atoms with Crippen molar-refractivity contribution in [2.45, 2.75) is 72.4 Å². The Hall–Kier alpha value is -1.61. The van der Waals surface area contributed by atoms with E-state index in [9.17, 15) is 14.2 Å². The highest BCUT2D eigenvalue weighted by atomic mass is 31.2. The van der Waals surface area contributed by atoms with E-state index in [1.54, 1.807) is 20.8 Å². The Morgan fingerprint density at radius 2 is 1.64 bits per heavy atom. The van der Waals surface area contributed by atoms with Crippen LogP contribution in [0.3, 0.4) is 0 Å². The van der Waals surface area contributed by atoms with Crippen molar-refractivity contribution in [3.8, 4) is 0 Å². The summed E-state index contributed by atoms with van der Waals surface area (Å²) in [5.41, 5.74) is 0.829. The van der Waals surface area contributed by atoms with Crippen LogP contribution in [-0.2, 0) is 43.7 Å². The molecular formula is C26H43O8PSi. The average Bonchev–Trinajstić information content (AvgIpc) is 2.78. The summed E-state index contributed by atoms with van der Waals surface area (Å²) in [6, 6.07) is 9.92. The average molecular weight is 543 g/mol. The number of ketones is 1. The molecule has 10 heteroatoms. The van der Waals surface area contributed by atoms with Crippen molar-refractivity contribution in [1.82, 2.24) is 0 Å². The van der Waals surface area contributed by atoms with Gasteiger partial charge in [0, 0.05) is 6.42 Å². The predicted octanol–water partition coefficient (Wildman–Crippen LogP) is 5.92. The normalized spacial score (nSPS) is 14.4. The molecule has 0 aliphatic carbocycles. The summed E-state index contributed by atoms with van der Waals surface area (Å²) < 4.78 is 40.2. The van der Waals surface area contributed by atoms with Gasteiger partial charge in [-0.3, -0.25) is 14.2 Å². The van der Waals surface area contributed by atoms with Gasteiger partial charge in [-0.2, -0.15) is 0 Å². The van der Waals surface area contributed by atoms with Crippen LogP contribution in [0.4, 0.5) is 0 Å². The molecule has 1 aromatic rings. The Morgan fingerprint density at radius 1 is 1.03 bits per heavy atom. The number of benzene rings is 1. The van der Waals surface area contributed by atoms with Crippen LogP contribution in [0.5, 0.6) is 0 Å². The van der Waals surface area contributed by atoms with Gasteiger partial charge in [-0.25, -0.2) is 0 Å². The number of esters is 1. The lowest BCUT2D eigenvalue weighted by Gasteiger charge is -2.34. The lowest BCUT2D eigenvalue weighted by Crippen LogP contribution is -2.50. The van der Waals surface area contributed by atoms with E-state index in [0.717, 1.165) is 11.1 Å².